The zero-order valence-corrected chi connectivity index (χ0v) is 31.5. The number of nitrogens with zero attached hydrogens (tertiary/aromatic N) is 3. The number of alkyl halides is 6. The van der Waals surface area contributed by atoms with Crippen LogP contribution in [0.4, 0.5) is 26.3 Å². The zero-order valence-electron chi connectivity index (χ0n) is 30.7. The van der Waals surface area contributed by atoms with Crippen LogP contribution in [-0.4, -0.2) is 75.1 Å². The van der Waals surface area contributed by atoms with Crippen LogP contribution in [0.5, 0.6) is 5.75 Å². The summed E-state index contributed by atoms with van der Waals surface area (Å²) in [6.45, 7) is 2.17. The maximum atomic E-state index is 15.0. The van der Waals surface area contributed by atoms with Gasteiger partial charge in [-0.15, -0.1) is 11.3 Å². The van der Waals surface area contributed by atoms with Gasteiger partial charge in [0, 0.05) is 49.2 Å². The minimum Gasteiger partial charge on any atom is -0.481 e. The molecule has 1 aromatic carbocycles. The average molecular weight is 811 g/mol. The fourth-order valence-corrected chi connectivity index (χ4v) is 9.05. The quantitative estimate of drug-likeness (QED) is 0.189. The number of aromatic nitrogens is 1. The molecule has 1 unspecified atom stereocenters. The van der Waals surface area contributed by atoms with E-state index in [1.807, 2.05) is 24.3 Å². The number of amides is 2. The van der Waals surface area contributed by atoms with Gasteiger partial charge >= 0.3 is 18.3 Å². The number of benzene rings is 1. The molecule has 56 heavy (non-hydrogen) atoms. The normalized spacial score (nSPS) is 24.2. The number of pyridine rings is 1. The molecule has 2 aromatic heterocycles. The maximum Gasteiger partial charge on any atom is 0.425 e. The molecule has 4 atom stereocenters. The number of likely N-dealkylation sites (tertiary alicyclic amines) is 2. The van der Waals surface area contributed by atoms with E-state index in [0.29, 0.717) is 37.0 Å². The van der Waals surface area contributed by atoms with Gasteiger partial charge in [0.15, 0.2) is 0 Å². The number of hydrogen-bond donors (Lipinski definition) is 2. The predicted molar refractivity (Wildman–Crippen MR) is 193 cm³/mol. The summed E-state index contributed by atoms with van der Waals surface area (Å²) in [7, 11) is 0. The first-order valence-corrected chi connectivity index (χ1v) is 19.5. The Kier molecular flexibility index (Phi) is 12.1. The fraction of sp³-hybridized carbons (Fsp3) is 0.538. The summed E-state index contributed by atoms with van der Waals surface area (Å²) in [5.74, 6) is -3.19. The van der Waals surface area contributed by atoms with Crippen molar-refractivity contribution in [2.75, 3.05) is 19.6 Å². The van der Waals surface area contributed by atoms with E-state index in [0.717, 1.165) is 45.8 Å². The number of piperidine rings is 2. The third kappa shape index (κ3) is 8.54. The monoisotopic (exact) mass is 810 g/mol. The van der Waals surface area contributed by atoms with Gasteiger partial charge in [-0.1, -0.05) is 37.6 Å². The van der Waals surface area contributed by atoms with E-state index < -0.39 is 69.4 Å². The molecule has 17 heteroatoms. The number of carbonyl (C=O) groups excluding carboxylic acids is 2. The minimum absolute atomic E-state index is 0.0137. The predicted octanol–water partition coefficient (Wildman–Crippen LogP) is 7.65. The highest BCUT2D eigenvalue weighted by molar-refractivity contribution is 7.10. The molecule has 10 nitrogen and oxygen atoms in total. The van der Waals surface area contributed by atoms with Crippen LogP contribution in [0.2, 0.25) is 0 Å². The number of carbonyl (C=O) groups is 3. The highest BCUT2D eigenvalue weighted by Crippen LogP contribution is 2.44. The van der Waals surface area contributed by atoms with Crippen molar-refractivity contribution in [1.82, 2.24) is 14.8 Å². The number of ether oxygens (including phenoxy) is 2. The summed E-state index contributed by atoms with van der Waals surface area (Å²) in [5, 5.41) is 10.5. The summed E-state index contributed by atoms with van der Waals surface area (Å²) >= 11 is 0.383. The van der Waals surface area contributed by atoms with Crippen LogP contribution in [0.15, 0.2) is 54.0 Å². The van der Waals surface area contributed by atoms with Crippen molar-refractivity contribution >= 4 is 29.1 Å². The number of hydrogen-bond acceptors (Lipinski definition) is 8. The molecule has 1 saturated carbocycles. The van der Waals surface area contributed by atoms with Crippen molar-refractivity contribution in [2.45, 2.75) is 107 Å². The molecule has 1 aliphatic carbocycles. The van der Waals surface area contributed by atoms with Gasteiger partial charge in [-0.05, 0) is 68.2 Å². The van der Waals surface area contributed by atoms with Crippen molar-refractivity contribution in [3.05, 3.63) is 81.3 Å². The Morgan fingerprint density at radius 1 is 1.00 bits per heavy atom. The Hall–Kier alpha value is -4.22. The lowest BCUT2D eigenvalue weighted by Gasteiger charge is -2.51. The molecule has 3 aromatic rings. The first kappa shape index (κ1) is 41.4. The lowest BCUT2D eigenvalue weighted by molar-refractivity contribution is -0.161. The summed E-state index contributed by atoms with van der Waals surface area (Å²) < 4.78 is 95.8. The second kappa shape index (κ2) is 16.3. The third-order valence-electron chi connectivity index (χ3n) is 11.2. The molecular weight excluding hydrogens is 767 g/mol. The van der Waals surface area contributed by atoms with Crippen LogP contribution in [0, 0.1) is 5.92 Å². The van der Waals surface area contributed by atoms with Gasteiger partial charge in [0.05, 0.1) is 30.2 Å². The van der Waals surface area contributed by atoms with Gasteiger partial charge < -0.3 is 30.1 Å². The number of carboxylic acid groups (broad SMARTS) is 1. The largest absolute Gasteiger partial charge is 0.481 e. The zero-order chi connectivity index (χ0) is 40.5. The standard InChI is InChI=1S/C39H44F6N4O6S/c1-2-7-30-37(55-27-21-31(56-23-27)39(43,44)45,13-6-17-49(30)33(50)32-29(38(40,41)42)10-5-16-47-32)35(53)48-18-14-36(46,15-19-48)28-9-4-3-8-25(28)22-54-26-12-11-24(20-26)34(51)52/h3-5,8-10,16,21,23-24,26,30H,2,6-7,11-15,17-20,22,46H2,1H3,(H,51,52)/t24?,26-,30+,37-/m0/s1. The van der Waals surface area contributed by atoms with Crippen molar-refractivity contribution < 1.29 is 55.3 Å². The van der Waals surface area contributed by atoms with Crippen molar-refractivity contribution in [1.29, 1.82) is 0 Å². The molecular formula is C39H44F6N4O6S. The van der Waals surface area contributed by atoms with E-state index in [1.165, 1.54) is 4.90 Å². The molecule has 0 radical (unpaired) electrons. The van der Waals surface area contributed by atoms with Crippen LogP contribution in [0.25, 0.3) is 0 Å². The van der Waals surface area contributed by atoms with Gasteiger partial charge in [-0.3, -0.25) is 19.4 Å². The Morgan fingerprint density at radius 2 is 1.73 bits per heavy atom. The number of aliphatic carboxylic acids is 1. The Morgan fingerprint density at radius 3 is 2.38 bits per heavy atom. The molecule has 0 spiro atoms. The molecule has 304 valence electrons. The van der Waals surface area contributed by atoms with Gasteiger partial charge in [0.1, 0.15) is 16.3 Å². The van der Waals surface area contributed by atoms with Crippen molar-refractivity contribution in [3.8, 4) is 5.75 Å². The summed E-state index contributed by atoms with van der Waals surface area (Å²) in [6.07, 6.45) is -6.05. The first-order chi connectivity index (χ1) is 26.5. The number of carboxylic acids is 1. The molecule has 2 amide bonds. The van der Waals surface area contributed by atoms with E-state index in [9.17, 15) is 45.8 Å². The van der Waals surface area contributed by atoms with E-state index in [2.05, 4.69) is 4.98 Å². The van der Waals surface area contributed by atoms with E-state index in [1.54, 1.807) is 6.92 Å². The number of thiophene rings is 1. The maximum absolute atomic E-state index is 15.0. The van der Waals surface area contributed by atoms with Crippen LogP contribution in [0.1, 0.15) is 96.8 Å². The van der Waals surface area contributed by atoms with Gasteiger partial charge in [-0.25, -0.2) is 0 Å². The lowest BCUT2D eigenvalue weighted by atomic mass is 9.77. The highest BCUT2D eigenvalue weighted by atomic mass is 32.1. The number of nitrogens with two attached hydrogens (primary N) is 1. The Labute approximate surface area is 324 Å². The second-order valence-corrected chi connectivity index (χ2v) is 15.7. The van der Waals surface area contributed by atoms with Gasteiger partial charge in [-0.2, -0.15) is 26.3 Å². The SMILES string of the molecule is CCC[C@H]1N(C(=O)c2ncccc2C(F)(F)F)CCC[C@@]1(Oc1csc(C(F)(F)F)c1)C(=O)N1CCC(N)(c2ccccc2CO[C@H]2CCC(C(=O)O)C2)CC1. The van der Waals surface area contributed by atoms with Crippen molar-refractivity contribution in [3.63, 3.8) is 0 Å². The topological polar surface area (TPSA) is 135 Å². The average Bonchev–Trinajstić information content (AvgIpc) is 3.85. The highest BCUT2D eigenvalue weighted by Gasteiger charge is 2.56. The third-order valence-corrected chi connectivity index (χ3v) is 12.2. The van der Waals surface area contributed by atoms with Crippen LogP contribution in [0.3, 0.4) is 0 Å². The summed E-state index contributed by atoms with van der Waals surface area (Å²) in [6, 6.07) is 8.91. The van der Waals surface area contributed by atoms with E-state index >= 15 is 0 Å². The molecule has 3 fully saturated rings. The van der Waals surface area contributed by atoms with Crippen LogP contribution >= 0.6 is 11.3 Å². The fourth-order valence-electron chi connectivity index (χ4n) is 8.38. The molecule has 6 rings (SSSR count). The smallest absolute Gasteiger partial charge is 0.425 e. The molecule has 4 heterocycles. The molecule has 3 N–H and O–H groups in total. The molecule has 0 bridgehead atoms. The Balaban J connectivity index is 1.29. The second-order valence-electron chi connectivity index (χ2n) is 14.8. The Bertz CT molecular complexity index is 1900. The number of rotatable bonds is 11. The van der Waals surface area contributed by atoms with E-state index in [-0.39, 0.29) is 70.2 Å². The number of halogens is 6. The summed E-state index contributed by atoms with van der Waals surface area (Å²) in [5.41, 5.74) is 3.73. The van der Waals surface area contributed by atoms with Crippen molar-refractivity contribution in [2.24, 2.45) is 11.7 Å². The molecule has 3 aliphatic rings. The van der Waals surface area contributed by atoms with Crippen LogP contribution in [-0.2, 0) is 38.8 Å². The van der Waals surface area contributed by atoms with Gasteiger partial charge in [0.25, 0.3) is 11.8 Å². The molecule has 2 saturated heterocycles. The lowest BCUT2D eigenvalue weighted by Crippen LogP contribution is -2.69. The minimum atomic E-state index is -4.91. The first-order valence-electron chi connectivity index (χ1n) is 18.7. The molecule has 2 aliphatic heterocycles. The van der Waals surface area contributed by atoms with E-state index in [4.69, 9.17) is 15.2 Å². The van der Waals surface area contributed by atoms with Crippen LogP contribution < -0.4 is 10.5 Å². The summed E-state index contributed by atoms with van der Waals surface area (Å²) in [4.78, 5) is 46.0. The van der Waals surface area contributed by atoms with Gasteiger partial charge in [0.2, 0.25) is 5.60 Å².